The van der Waals surface area contributed by atoms with Crippen LogP contribution in [0.15, 0.2) is 6.33 Å². The molecule has 0 spiro atoms. The van der Waals surface area contributed by atoms with E-state index in [-0.39, 0.29) is 9.15 Å². The van der Waals surface area contributed by atoms with E-state index in [2.05, 4.69) is 65.6 Å². The summed E-state index contributed by atoms with van der Waals surface area (Å²) in [5.74, 6) is 0. The second-order valence-electron chi connectivity index (χ2n) is 4.36. The van der Waals surface area contributed by atoms with Gasteiger partial charge in [-0.2, -0.15) is 4.98 Å². The number of nitrogens with one attached hydrogen (secondary N) is 2. The van der Waals surface area contributed by atoms with Crippen LogP contribution in [0.3, 0.4) is 0 Å². The minimum atomic E-state index is -0.00191. The van der Waals surface area contributed by atoms with Gasteiger partial charge in [-0.05, 0) is 26.1 Å². The van der Waals surface area contributed by atoms with Gasteiger partial charge in [-0.15, -0.1) is 0 Å². The van der Waals surface area contributed by atoms with E-state index in [4.69, 9.17) is 12.2 Å². The Morgan fingerprint density at radius 2 is 2.24 bits per heavy atom. The molecule has 4 nitrogen and oxygen atoms in total. The first kappa shape index (κ1) is 13.2. The molecule has 0 saturated heterocycles. The number of halogens is 2. The summed E-state index contributed by atoms with van der Waals surface area (Å²) in [6.07, 6.45) is 2.44. The number of alkyl halides is 2. The third-order valence-electron chi connectivity index (χ3n) is 2.51. The molecule has 0 amide bonds. The maximum absolute atomic E-state index is 5.09. The average molecular weight is 380 g/mol. The molecule has 92 valence electrons. The lowest BCUT2D eigenvalue weighted by Gasteiger charge is -2.23. The molecule has 2 aromatic rings. The van der Waals surface area contributed by atoms with Gasteiger partial charge in [0.15, 0.2) is 10.4 Å². The first-order valence-corrected chi connectivity index (χ1v) is 7.25. The molecule has 0 fully saturated rings. The molecular weight excluding hydrogens is 368 g/mol. The molecule has 0 radical (unpaired) electrons. The fourth-order valence-corrected chi connectivity index (χ4v) is 2.18. The summed E-state index contributed by atoms with van der Waals surface area (Å²) in [4.78, 5) is 14.8. The first-order valence-electron chi connectivity index (χ1n) is 5.13. The van der Waals surface area contributed by atoms with Crippen molar-refractivity contribution in [2.24, 2.45) is 0 Å². The van der Waals surface area contributed by atoms with Crippen molar-refractivity contribution in [3.63, 3.8) is 0 Å². The average Bonchev–Trinajstić information content (AvgIpc) is 2.63. The van der Waals surface area contributed by atoms with Crippen molar-refractivity contribution in [1.29, 1.82) is 0 Å². The number of H-pyrrole nitrogens is 2. The Kier molecular flexibility index (Phi) is 3.70. The maximum atomic E-state index is 5.09. The zero-order chi connectivity index (χ0) is 12.6. The van der Waals surface area contributed by atoms with Crippen LogP contribution in [0.2, 0.25) is 0 Å². The summed E-state index contributed by atoms with van der Waals surface area (Å²) < 4.78 is 0.463. The highest BCUT2D eigenvalue weighted by molar-refractivity contribution is 9.12. The Balaban J connectivity index is 2.42. The highest BCUT2D eigenvalue weighted by Gasteiger charge is 2.25. The third kappa shape index (κ3) is 2.95. The lowest BCUT2D eigenvalue weighted by molar-refractivity contribution is 0.673. The van der Waals surface area contributed by atoms with E-state index in [1.807, 2.05) is 0 Å². The first-order chi connectivity index (χ1) is 7.88. The predicted molar refractivity (Wildman–Crippen MR) is 78.5 cm³/mol. The molecule has 0 aromatic carbocycles. The maximum Gasteiger partial charge on any atom is 0.199 e. The number of fused-ring (bicyclic) bond motifs is 1. The normalized spacial score (nSPS) is 14.1. The van der Waals surface area contributed by atoms with Crippen molar-refractivity contribution >= 4 is 55.2 Å². The van der Waals surface area contributed by atoms with E-state index < -0.39 is 0 Å². The highest BCUT2D eigenvalue weighted by atomic mass is 79.9. The van der Waals surface area contributed by atoms with Crippen LogP contribution >= 0.6 is 44.1 Å². The van der Waals surface area contributed by atoms with Crippen molar-refractivity contribution in [2.45, 2.75) is 29.4 Å². The summed E-state index contributed by atoms with van der Waals surface area (Å²) in [5.41, 5.74) is 2.60. The van der Waals surface area contributed by atoms with Gasteiger partial charge in [0.05, 0.1) is 6.33 Å². The molecule has 0 aliphatic heterocycles. The molecule has 2 aromatic heterocycles. The Bertz CT molecular complexity index is 584. The van der Waals surface area contributed by atoms with E-state index in [0.717, 1.165) is 17.6 Å². The summed E-state index contributed by atoms with van der Waals surface area (Å²) in [5, 5.41) is 0. The molecule has 1 atom stereocenters. The zero-order valence-electron chi connectivity index (χ0n) is 9.42. The van der Waals surface area contributed by atoms with Crippen LogP contribution in [0.1, 0.15) is 19.5 Å². The number of hydrogen-bond acceptors (Lipinski definition) is 3. The molecule has 17 heavy (non-hydrogen) atoms. The van der Waals surface area contributed by atoms with Crippen LogP contribution in [0.25, 0.3) is 11.2 Å². The molecule has 2 rings (SSSR count). The summed E-state index contributed by atoms with van der Waals surface area (Å²) >= 11 is 12.4. The number of aromatic nitrogens is 4. The molecule has 2 N–H and O–H groups in total. The van der Waals surface area contributed by atoms with E-state index in [1.165, 1.54) is 0 Å². The lowest BCUT2D eigenvalue weighted by Crippen LogP contribution is -2.26. The van der Waals surface area contributed by atoms with E-state index in [9.17, 15) is 0 Å². The summed E-state index contributed by atoms with van der Waals surface area (Å²) in [6, 6.07) is 0. The van der Waals surface area contributed by atoms with Crippen molar-refractivity contribution in [3.05, 3.63) is 16.8 Å². The van der Waals surface area contributed by atoms with Gasteiger partial charge in [-0.25, -0.2) is 4.98 Å². The molecule has 0 aliphatic rings. The van der Waals surface area contributed by atoms with E-state index >= 15 is 0 Å². The fourth-order valence-electron chi connectivity index (χ4n) is 1.48. The Hall–Kier alpha value is -0.270. The van der Waals surface area contributed by atoms with Crippen molar-refractivity contribution in [1.82, 2.24) is 19.9 Å². The van der Waals surface area contributed by atoms with E-state index in [1.54, 1.807) is 6.33 Å². The Labute approximate surface area is 121 Å². The van der Waals surface area contributed by atoms with Gasteiger partial charge in [0, 0.05) is 21.3 Å². The number of aromatic amines is 2. The van der Waals surface area contributed by atoms with Crippen molar-refractivity contribution in [2.75, 3.05) is 0 Å². The van der Waals surface area contributed by atoms with Gasteiger partial charge >= 0.3 is 0 Å². The monoisotopic (exact) mass is 378 g/mol. The van der Waals surface area contributed by atoms with Gasteiger partial charge in [0.2, 0.25) is 0 Å². The molecule has 0 bridgehead atoms. The van der Waals surface area contributed by atoms with Crippen LogP contribution in [-0.4, -0.2) is 29.1 Å². The van der Waals surface area contributed by atoms with Gasteiger partial charge in [-0.3, -0.25) is 0 Å². The molecule has 0 saturated carbocycles. The number of hydrogen-bond donors (Lipinski definition) is 2. The minimum absolute atomic E-state index is 0.00191. The fraction of sp³-hybridized carbons (Fsp3) is 0.500. The summed E-state index contributed by atoms with van der Waals surface area (Å²) in [6.45, 7) is 4.23. The van der Waals surface area contributed by atoms with Gasteiger partial charge < -0.3 is 9.97 Å². The smallest absolute Gasteiger partial charge is 0.199 e. The third-order valence-corrected chi connectivity index (χ3v) is 5.34. The van der Waals surface area contributed by atoms with Crippen LogP contribution in [0.5, 0.6) is 0 Å². The Morgan fingerprint density at radius 3 is 2.88 bits per heavy atom. The minimum Gasteiger partial charge on any atom is -0.342 e. The van der Waals surface area contributed by atoms with Crippen LogP contribution in [0, 0.1) is 4.77 Å². The number of rotatable bonds is 3. The second kappa shape index (κ2) is 4.78. The number of nitrogens with zero attached hydrogens (tertiary/aromatic N) is 2. The predicted octanol–water partition coefficient (Wildman–Crippen LogP) is 3.49. The van der Waals surface area contributed by atoms with Crippen LogP contribution in [-0.2, 0) is 6.42 Å². The van der Waals surface area contributed by atoms with Gasteiger partial charge in [0.25, 0.3) is 0 Å². The molecule has 7 heteroatoms. The Morgan fingerprint density at radius 1 is 1.53 bits per heavy atom. The van der Waals surface area contributed by atoms with Crippen LogP contribution in [0.4, 0.5) is 0 Å². The molecular formula is C10H12Br2N4S. The van der Waals surface area contributed by atoms with Gasteiger partial charge in [0.1, 0.15) is 5.52 Å². The van der Waals surface area contributed by atoms with E-state index in [0.29, 0.717) is 10.4 Å². The lowest BCUT2D eigenvalue weighted by atomic mass is 10.1. The van der Waals surface area contributed by atoms with Crippen molar-refractivity contribution in [3.8, 4) is 0 Å². The largest absolute Gasteiger partial charge is 0.342 e. The zero-order valence-corrected chi connectivity index (χ0v) is 13.4. The number of imidazole rings is 1. The second-order valence-corrected chi connectivity index (χ2v) is 7.89. The molecule has 1 unspecified atom stereocenters. The van der Waals surface area contributed by atoms with Gasteiger partial charge in [-0.1, -0.05) is 31.9 Å². The van der Waals surface area contributed by atoms with Crippen LogP contribution < -0.4 is 0 Å². The SMILES string of the molecule is CC(C)(Br)C(Br)Cc1[nH]c(=S)nc2nc[nH]c12. The quantitative estimate of drug-likeness (QED) is 0.633. The van der Waals surface area contributed by atoms with Crippen molar-refractivity contribution < 1.29 is 0 Å². The summed E-state index contributed by atoms with van der Waals surface area (Å²) in [7, 11) is 0. The standard InChI is InChI=1S/C10H12Br2N4S/c1-10(2,12)6(11)3-5-7-8(14-4-13-7)16-9(17)15-5/h4,6H,3H2,1-2H3,(H2,13,14,15,16,17). The molecule has 0 aliphatic carbocycles. The molecule has 2 heterocycles. The topological polar surface area (TPSA) is 57.4 Å². The highest BCUT2D eigenvalue weighted by Crippen LogP contribution is 2.30.